The van der Waals surface area contributed by atoms with Gasteiger partial charge in [-0.05, 0) is 32.7 Å². The lowest BCUT2D eigenvalue weighted by molar-refractivity contribution is 0.0907. The van der Waals surface area contributed by atoms with Crippen molar-refractivity contribution in [1.82, 2.24) is 10.2 Å². The molecule has 2 atom stereocenters. The monoisotopic (exact) mass is 213 g/mol. The number of nitrogens with one attached hydrogen (secondary N) is 1. The third-order valence-electron chi connectivity index (χ3n) is 4.24. The Hall–Kier alpha value is -0.160. The molecule has 2 saturated heterocycles. The Bertz CT molecular complexity index is 208. The molecule has 2 heterocycles. The van der Waals surface area contributed by atoms with Crippen molar-refractivity contribution in [3.63, 3.8) is 0 Å². The number of hydrogen-bond donors (Lipinski definition) is 3. The van der Waals surface area contributed by atoms with Crippen LogP contribution in [0.25, 0.3) is 0 Å². The van der Waals surface area contributed by atoms with Crippen molar-refractivity contribution in [2.75, 3.05) is 26.7 Å². The number of aliphatic hydroxyl groups is 1. The number of nitrogens with two attached hydrogens (primary N) is 1. The minimum Gasteiger partial charge on any atom is -0.395 e. The van der Waals surface area contributed by atoms with Gasteiger partial charge >= 0.3 is 0 Å². The number of β-amino-alcohol motifs (C(OH)–C–C–N with tert-alkyl or cyclic N) is 1. The quantitative estimate of drug-likeness (QED) is 0.590. The van der Waals surface area contributed by atoms with Crippen molar-refractivity contribution in [3.05, 3.63) is 0 Å². The molecule has 0 aromatic carbocycles. The zero-order valence-corrected chi connectivity index (χ0v) is 9.58. The van der Waals surface area contributed by atoms with E-state index in [0.717, 1.165) is 12.8 Å². The van der Waals surface area contributed by atoms with Crippen LogP contribution in [0.1, 0.15) is 25.7 Å². The fourth-order valence-electron chi connectivity index (χ4n) is 3.27. The van der Waals surface area contributed by atoms with Crippen molar-refractivity contribution in [1.29, 1.82) is 0 Å². The van der Waals surface area contributed by atoms with Crippen molar-refractivity contribution >= 4 is 0 Å². The lowest BCUT2D eigenvalue weighted by atomic mass is 9.83. The van der Waals surface area contributed by atoms with Crippen molar-refractivity contribution < 1.29 is 5.11 Å². The van der Waals surface area contributed by atoms with Crippen LogP contribution < -0.4 is 11.1 Å². The Labute approximate surface area is 91.8 Å². The Balaban J connectivity index is 2.02. The predicted octanol–water partition coefficient (Wildman–Crippen LogP) is -0.478. The van der Waals surface area contributed by atoms with Crippen LogP contribution in [-0.4, -0.2) is 54.4 Å². The van der Waals surface area contributed by atoms with E-state index >= 15 is 0 Å². The molecular weight excluding hydrogens is 190 g/mol. The fourth-order valence-corrected chi connectivity index (χ4v) is 3.27. The van der Waals surface area contributed by atoms with E-state index in [1.165, 1.54) is 12.8 Å². The maximum Gasteiger partial charge on any atom is 0.0556 e. The van der Waals surface area contributed by atoms with Gasteiger partial charge in [-0.25, -0.2) is 0 Å². The molecule has 0 saturated carbocycles. The maximum absolute atomic E-state index is 8.89. The summed E-state index contributed by atoms with van der Waals surface area (Å²) in [6.45, 7) is 1.56. The van der Waals surface area contributed by atoms with E-state index in [4.69, 9.17) is 10.8 Å². The second kappa shape index (κ2) is 4.37. The van der Waals surface area contributed by atoms with Crippen LogP contribution in [0.2, 0.25) is 0 Å². The Morgan fingerprint density at radius 2 is 2.00 bits per heavy atom. The Morgan fingerprint density at radius 3 is 2.47 bits per heavy atom. The van der Waals surface area contributed by atoms with E-state index in [0.29, 0.717) is 25.2 Å². The molecule has 2 aliphatic heterocycles. The van der Waals surface area contributed by atoms with E-state index in [9.17, 15) is 0 Å². The van der Waals surface area contributed by atoms with Crippen LogP contribution in [0.15, 0.2) is 0 Å². The molecule has 0 radical (unpaired) electrons. The highest BCUT2D eigenvalue weighted by Crippen LogP contribution is 2.39. The number of rotatable bonds is 4. The average molecular weight is 213 g/mol. The summed E-state index contributed by atoms with van der Waals surface area (Å²) in [5.74, 6) is 0. The number of aliphatic hydroxyl groups excluding tert-OH is 1. The number of fused-ring (bicyclic) bond motifs is 2. The molecule has 2 rings (SSSR count). The molecule has 0 aromatic heterocycles. The van der Waals surface area contributed by atoms with E-state index in [-0.39, 0.29) is 12.1 Å². The molecule has 0 aromatic rings. The minimum absolute atomic E-state index is 0.0844. The van der Waals surface area contributed by atoms with Gasteiger partial charge in [0, 0.05) is 30.7 Å². The maximum atomic E-state index is 8.89. The molecular formula is C11H23N3O. The molecule has 4 nitrogen and oxygen atoms in total. The van der Waals surface area contributed by atoms with E-state index < -0.39 is 0 Å². The highest BCUT2D eigenvalue weighted by Gasteiger charge is 2.45. The molecule has 0 aliphatic carbocycles. The zero-order chi connectivity index (χ0) is 10.9. The van der Waals surface area contributed by atoms with Crippen molar-refractivity contribution in [3.8, 4) is 0 Å². The first kappa shape index (κ1) is 11.3. The molecule has 2 bridgehead atoms. The lowest BCUT2D eigenvalue weighted by Crippen LogP contribution is -2.60. The van der Waals surface area contributed by atoms with Gasteiger partial charge in [0.15, 0.2) is 0 Å². The van der Waals surface area contributed by atoms with Gasteiger partial charge in [0.1, 0.15) is 0 Å². The number of hydrogen-bond acceptors (Lipinski definition) is 4. The van der Waals surface area contributed by atoms with Gasteiger partial charge in [0.25, 0.3) is 0 Å². The second-order valence-electron chi connectivity index (χ2n) is 5.09. The summed E-state index contributed by atoms with van der Waals surface area (Å²) in [5.41, 5.74) is 6.00. The van der Waals surface area contributed by atoms with Crippen LogP contribution in [0, 0.1) is 0 Å². The highest BCUT2D eigenvalue weighted by atomic mass is 16.3. The first-order valence-electron chi connectivity index (χ1n) is 5.99. The van der Waals surface area contributed by atoms with Gasteiger partial charge in [-0.15, -0.1) is 0 Å². The van der Waals surface area contributed by atoms with Crippen LogP contribution in [0.3, 0.4) is 0 Å². The summed E-state index contributed by atoms with van der Waals surface area (Å²) >= 11 is 0. The predicted molar refractivity (Wildman–Crippen MR) is 60.7 cm³/mol. The zero-order valence-electron chi connectivity index (χ0n) is 9.58. The van der Waals surface area contributed by atoms with Crippen LogP contribution in [0.5, 0.6) is 0 Å². The summed E-state index contributed by atoms with van der Waals surface area (Å²) in [6.07, 6.45) is 4.89. The highest BCUT2D eigenvalue weighted by molar-refractivity contribution is 5.05. The molecule has 4 heteroatoms. The van der Waals surface area contributed by atoms with Gasteiger partial charge in [-0.1, -0.05) is 0 Å². The molecule has 4 N–H and O–H groups in total. The smallest absolute Gasteiger partial charge is 0.0556 e. The van der Waals surface area contributed by atoms with Crippen LogP contribution in [0.4, 0.5) is 0 Å². The van der Waals surface area contributed by atoms with Crippen LogP contribution >= 0.6 is 0 Å². The minimum atomic E-state index is 0.0844. The van der Waals surface area contributed by atoms with Crippen LogP contribution in [-0.2, 0) is 0 Å². The first-order chi connectivity index (χ1) is 7.21. The molecule has 15 heavy (non-hydrogen) atoms. The largest absolute Gasteiger partial charge is 0.395 e. The van der Waals surface area contributed by atoms with E-state index in [1.54, 1.807) is 0 Å². The Kier molecular flexibility index (Phi) is 3.30. The molecule has 0 amide bonds. The van der Waals surface area contributed by atoms with Gasteiger partial charge in [0.2, 0.25) is 0 Å². The van der Waals surface area contributed by atoms with E-state index in [1.807, 2.05) is 0 Å². The standard InChI is InChI=1S/C11H23N3O/c1-14-9-2-3-10(14)7-11(6-9,8-12)13-4-5-15/h9-10,13,15H,2-8,12H2,1H3. The van der Waals surface area contributed by atoms with Gasteiger partial charge in [0.05, 0.1) is 6.61 Å². The lowest BCUT2D eigenvalue weighted by Gasteiger charge is -2.45. The number of nitrogens with zero attached hydrogens (tertiary/aromatic N) is 1. The van der Waals surface area contributed by atoms with Crippen molar-refractivity contribution in [2.45, 2.75) is 43.3 Å². The summed E-state index contributed by atoms with van der Waals surface area (Å²) in [5, 5.41) is 12.3. The summed E-state index contributed by atoms with van der Waals surface area (Å²) in [7, 11) is 2.23. The fraction of sp³-hybridized carbons (Fsp3) is 1.00. The number of piperidine rings is 1. The molecule has 88 valence electrons. The van der Waals surface area contributed by atoms with Gasteiger partial charge in [-0.2, -0.15) is 0 Å². The molecule has 0 spiro atoms. The summed E-state index contributed by atoms with van der Waals surface area (Å²) in [6, 6.07) is 1.39. The topological polar surface area (TPSA) is 61.5 Å². The SMILES string of the molecule is CN1C2CCC1CC(CN)(NCCO)C2. The van der Waals surface area contributed by atoms with Gasteiger partial charge < -0.3 is 21.1 Å². The van der Waals surface area contributed by atoms with E-state index in [2.05, 4.69) is 17.3 Å². The Morgan fingerprint density at radius 1 is 1.40 bits per heavy atom. The first-order valence-corrected chi connectivity index (χ1v) is 5.99. The summed E-state index contributed by atoms with van der Waals surface area (Å²) < 4.78 is 0. The molecule has 2 unspecified atom stereocenters. The normalized spacial score (nSPS) is 41.0. The van der Waals surface area contributed by atoms with Crippen molar-refractivity contribution in [2.24, 2.45) is 5.73 Å². The molecule has 2 fully saturated rings. The third kappa shape index (κ3) is 2.04. The summed E-state index contributed by atoms with van der Waals surface area (Å²) in [4.78, 5) is 2.51. The third-order valence-corrected chi connectivity index (χ3v) is 4.24. The van der Waals surface area contributed by atoms with Gasteiger partial charge in [-0.3, -0.25) is 0 Å². The average Bonchev–Trinajstić information content (AvgIpc) is 2.51. The molecule has 2 aliphatic rings. The second-order valence-corrected chi connectivity index (χ2v) is 5.09.